The van der Waals surface area contributed by atoms with E-state index >= 15 is 0 Å². The van der Waals surface area contributed by atoms with Gasteiger partial charge in [0.2, 0.25) is 11.8 Å². The predicted molar refractivity (Wildman–Crippen MR) is 146 cm³/mol. The molecule has 1 fully saturated rings. The average molecular weight is 536 g/mol. The van der Waals surface area contributed by atoms with Crippen molar-refractivity contribution in [1.29, 1.82) is 0 Å². The quantitative estimate of drug-likeness (QED) is 0.457. The lowest BCUT2D eigenvalue weighted by molar-refractivity contribution is -0.136. The summed E-state index contributed by atoms with van der Waals surface area (Å²) in [5.74, 6) is -0.257. The minimum atomic E-state index is -0.679. The first kappa shape index (κ1) is 28.3. The number of halogens is 2. The smallest absolute Gasteiger partial charge is 0.245 e. The minimum Gasteiger partial charge on any atom is -0.383 e. The lowest BCUT2D eigenvalue weighted by Gasteiger charge is -2.38. The van der Waals surface area contributed by atoms with Crippen molar-refractivity contribution in [3.05, 3.63) is 63.6 Å². The number of ether oxygens (including phenoxy) is 1. The minimum absolute atomic E-state index is 0.0918. The van der Waals surface area contributed by atoms with Crippen LogP contribution in [0.1, 0.15) is 31.4 Å². The second-order valence-electron chi connectivity index (χ2n) is 9.09. The summed E-state index contributed by atoms with van der Waals surface area (Å²) in [5, 5.41) is 7.41. The van der Waals surface area contributed by atoms with Crippen LogP contribution >= 0.6 is 23.2 Å². The van der Waals surface area contributed by atoms with Crippen LogP contribution in [0.25, 0.3) is 0 Å². The molecule has 2 aromatic rings. The maximum absolute atomic E-state index is 13.5. The van der Waals surface area contributed by atoms with Gasteiger partial charge in [-0.3, -0.25) is 9.59 Å². The molecular weight excluding hydrogens is 499 g/mol. The van der Waals surface area contributed by atoms with Crippen molar-refractivity contribution in [2.24, 2.45) is 0 Å². The van der Waals surface area contributed by atoms with Crippen molar-refractivity contribution < 1.29 is 14.3 Å². The predicted octanol–water partition coefficient (Wildman–Crippen LogP) is 3.90. The maximum Gasteiger partial charge on any atom is 0.245 e. The van der Waals surface area contributed by atoms with E-state index in [4.69, 9.17) is 27.9 Å². The van der Waals surface area contributed by atoms with E-state index in [-0.39, 0.29) is 17.9 Å². The van der Waals surface area contributed by atoms with E-state index in [2.05, 4.69) is 34.6 Å². The van der Waals surface area contributed by atoms with Gasteiger partial charge in [-0.25, -0.2) is 0 Å². The van der Waals surface area contributed by atoms with E-state index in [0.717, 1.165) is 12.1 Å². The van der Waals surface area contributed by atoms with Crippen LogP contribution in [-0.2, 0) is 27.3 Å². The summed E-state index contributed by atoms with van der Waals surface area (Å²) in [5.41, 5.74) is 3.16. The summed E-state index contributed by atoms with van der Waals surface area (Å²) >= 11 is 12.4. The van der Waals surface area contributed by atoms with Gasteiger partial charge in [0.1, 0.15) is 6.04 Å². The van der Waals surface area contributed by atoms with Crippen molar-refractivity contribution in [3.63, 3.8) is 0 Å². The van der Waals surface area contributed by atoms with E-state index < -0.39 is 6.04 Å². The molecule has 1 aliphatic heterocycles. The number of nitrogens with zero attached hydrogens (tertiary/aromatic N) is 2. The summed E-state index contributed by atoms with van der Waals surface area (Å²) in [7, 11) is 1.70. The SMILES string of the molecule is CCC(=O)N[C@H](Cc1ccc(Cl)cc1Cl)C(=O)N1CCN(c2ccccc2CNC(C)COC)CC1. The van der Waals surface area contributed by atoms with Gasteiger partial charge in [-0.05, 0) is 36.2 Å². The average Bonchev–Trinajstić information content (AvgIpc) is 2.88. The van der Waals surface area contributed by atoms with E-state index in [0.29, 0.717) is 55.7 Å². The maximum atomic E-state index is 13.5. The monoisotopic (exact) mass is 534 g/mol. The molecule has 2 N–H and O–H groups in total. The van der Waals surface area contributed by atoms with Gasteiger partial charge in [0, 0.05) is 74.4 Å². The Morgan fingerprint density at radius 3 is 2.44 bits per heavy atom. The molecule has 0 bridgehead atoms. The fourth-order valence-electron chi connectivity index (χ4n) is 4.35. The van der Waals surface area contributed by atoms with Crippen LogP contribution < -0.4 is 15.5 Å². The van der Waals surface area contributed by atoms with Crippen LogP contribution in [0.4, 0.5) is 5.69 Å². The Balaban J connectivity index is 1.66. The lowest BCUT2D eigenvalue weighted by atomic mass is 10.0. The summed E-state index contributed by atoms with van der Waals surface area (Å²) in [4.78, 5) is 29.8. The molecule has 9 heteroatoms. The number of para-hydroxylation sites is 1. The third-order valence-electron chi connectivity index (χ3n) is 6.37. The zero-order valence-electron chi connectivity index (χ0n) is 21.2. The number of hydrogen-bond acceptors (Lipinski definition) is 5. The molecule has 1 aliphatic rings. The zero-order chi connectivity index (χ0) is 26.1. The van der Waals surface area contributed by atoms with E-state index in [9.17, 15) is 9.59 Å². The van der Waals surface area contributed by atoms with Gasteiger partial charge in [0.25, 0.3) is 0 Å². The van der Waals surface area contributed by atoms with E-state index in [1.165, 1.54) is 11.3 Å². The van der Waals surface area contributed by atoms with Gasteiger partial charge in [0.05, 0.1) is 6.61 Å². The van der Waals surface area contributed by atoms with Crippen molar-refractivity contribution >= 4 is 40.7 Å². The lowest BCUT2D eigenvalue weighted by Crippen LogP contribution is -2.55. The summed E-state index contributed by atoms with van der Waals surface area (Å²) < 4.78 is 5.22. The number of rotatable bonds is 11. The number of amides is 2. The molecule has 0 aromatic heterocycles. The molecule has 1 unspecified atom stereocenters. The molecule has 3 rings (SSSR count). The summed E-state index contributed by atoms with van der Waals surface area (Å²) in [6.45, 7) is 7.85. The highest BCUT2D eigenvalue weighted by Crippen LogP contribution is 2.24. The molecule has 2 aromatic carbocycles. The van der Waals surface area contributed by atoms with Crippen LogP contribution in [0.5, 0.6) is 0 Å². The first-order valence-corrected chi connectivity index (χ1v) is 13.1. The van der Waals surface area contributed by atoms with Crippen LogP contribution in [0.2, 0.25) is 10.0 Å². The van der Waals surface area contributed by atoms with Crippen molar-refractivity contribution in [3.8, 4) is 0 Å². The van der Waals surface area contributed by atoms with Gasteiger partial charge in [-0.1, -0.05) is 54.4 Å². The Morgan fingerprint density at radius 1 is 1.06 bits per heavy atom. The van der Waals surface area contributed by atoms with Crippen molar-refractivity contribution in [2.75, 3.05) is 44.8 Å². The molecule has 7 nitrogen and oxygen atoms in total. The fourth-order valence-corrected chi connectivity index (χ4v) is 4.84. The van der Waals surface area contributed by atoms with Crippen molar-refractivity contribution in [2.45, 2.75) is 45.3 Å². The molecule has 36 heavy (non-hydrogen) atoms. The number of anilines is 1. The molecule has 2 atom stereocenters. The second-order valence-corrected chi connectivity index (χ2v) is 9.94. The Bertz CT molecular complexity index is 1030. The van der Waals surface area contributed by atoms with Gasteiger partial charge >= 0.3 is 0 Å². The Labute approximate surface area is 224 Å². The van der Waals surface area contributed by atoms with Gasteiger partial charge in [-0.2, -0.15) is 0 Å². The highest BCUT2D eigenvalue weighted by molar-refractivity contribution is 6.35. The normalized spacial score (nSPS) is 15.5. The number of piperazine rings is 1. The standard InChI is InChI=1S/C27H36Cl2N4O3/c1-4-26(34)31-24(15-20-9-10-22(28)16-23(20)29)27(35)33-13-11-32(12-14-33)25-8-6-5-7-21(25)17-30-19(2)18-36-3/h5-10,16,19,24,30H,4,11-15,17-18H2,1-3H3,(H,31,34)/t19?,24-/m1/s1. The van der Waals surface area contributed by atoms with Crippen LogP contribution in [0.15, 0.2) is 42.5 Å². The first-order chi connectivity index (χ1) is 17.3. The van der Waals surface area contributed by atoms with Crippen LogP contribution in [-0.4, -0.2) is 68.7 Å². The molecule has 2 amide bonds. The van der Waals surface area contributed by atoms with E-state index in [1.54, 1.807) is 32.2 Å². The summed E-state index contributed by atoms with van der Waals surface area (Å²) in [6, 6.07) is 13.1. The molecule has 0 spiro atoms. The number of methoxy groups -OCH3 is 1. The Morgan fingerprint density at radius 2 is 1.78 bits per heavy atom. The molecule has 196 valence electrons. The molecule has 1 saturated heterocycles. The number of carbonyl (C=O) groups is 2. The van der Waals surface area contributed by atoms with E-state index in [1.807, 2.05) is 17.0 Å². The van der Waals surface area contributed by atoms with Gasteiger partial charge < -0.3 is 25.2 Å². The number of hydrogen-bond donors (Lipinski definition) is 2. The third-order valence-corrected chi connectivity index (χ3v) is 6.96. The number of nitrogens with one attached hydrogen (secondary N) is 2. The van der Waals surface area contributed by atoms with Crippen molar-refractivity contribution in [1.82, 2.24) is 15.5 Å². The highest BCUT2D eigenvalue weighted by Gasteiger charge is 2.29. The largest absolute Gasteiger partial charge is 0.383 e. The zero-order valence-corrected chi connectivity index (χ0v) is 22.7. The van der Waals surface area contributed by atoms with Crippen LogP contribution in [0, 0.1) is 0 Å². The van der Waals surface area contributed by atoms with Crippen LogP contribution in [0.3, 0.4) is 0 Å². The second kappa shape index (κ2) is 13.8. The summed E-state index contributed by atoms with van der Waals surface area (Å²) in [6.07, 6.45) is 0.620. The van der Waals surface area contributed by atoms with Gasteiger partial charge in [0.15, 0.2) is 0 Å². The molecule has 0 radical (unpaired) electrons. The third kappa shape index (κ3) is 7.84. The number of carbonyl (C=O) groups excluding carboxylic acids is 2. The highest BCUT2D eigenvalue weighted by atomic mass is 35.5. The van der Waals surface area contributed by atoms with Gasteiger partial charge in [-0.15, -0.1) is 0 Å². The molecule has 1 heterocycles. The Kier molecular flexibility index (Phi) is 10.9. The Hall–Kier alpha value is -2.32. The topological polar surface area (TPSA) is 73.9 Å². The number of benzene rings is 2. The molecule has 0 saturated carbocycles. The fraction of sp³-hybridized carbons (Fsp3) is 0.481. The first-order valence-electron chi connectivity index (χ1n) is 12.4. The molecular formula is C27H36Cl2N4O3. The molecule has 0 aliphatic carbocycles.